The first-order valence-corrected chi connectivity index (χ1v) is 7.39. The molecule has 0 rings (SSSR count). The van der Waals surface area contributed by atoms with Gasteiger partial charge in [-0.1, -0.05) is 13.8 Å². The lowest BCUT2D eigenvalue weighted by Gasteiger charge is -2.43. The van der Waals surface area contributed by atoms with E-state index in [2.05, 4.69) is 39.0 Å². The van der Waals surface area contributed by atoms with E-state index in [1.165, 1.54) is 12.2 Å². The Labute approximate surface area is 100.0 Å². The monoisotopic (exact) mass is 232 g/mol. The zero-order valence-electron chi connectivity index (χ0n) is 11.0. The highest BCUT2D eigenvalue weighted by Gasteiger charge is 2.31. The number of thioether (sulfide) groups is 1. The Balaban J connectivity index is 4.41. The molecule has 1 atom stereocenters. The van der Waals surface area contributed by atoms with E-state index in [0.717, 1.165) is 19.4 Å². The minimum Gasteiger partial charge on any atom is -0.329 e. The molecule has 0 aliphatic rings. The maximum Gasteiger partial charge on any atom is 0.0326 e. The van der Waals surface area contributed by atoms with Crippen molar-refractivity contribution in [2.24, 2.45) is 5.73 Å². The van der Waals surface area contributed by atoms with Gasteiger partial charge in [-0.2, -0.15) is 11.8 Å². The van der Waals surface area contributed by atoms with Crippen LogP contribution in [0.5, 0.6) is 0 Å². The standard InChI is InChI=1S/C12H28N2S/c1-6-12(7-2,10-13)14(4)11(3)8-9-15-5/h11H,6-10,13H2,1-5H3. The van der Waals surface area contributed by atoms with E-state index in [9.17, 15) is 0 Å². The summed E-state index contributed by atoms with van der Waals surface area (Å²) in [6.45, 7) is 7.56. The molecule has 0 spiro atoms. The average Bonchev–Trinajstić information content (AvgIpc) is 2.28. The molecular weight excluding hydrogens is 204 g/mol. The summed E-state index contributed by atoms with van der Waals surface area (Å²) in [6.07, 6.45) is 5.70. The van der Waals surface area contributed by atoms with Crippen LogP contribution in [0.2, 0.25) is 0 Å². The van der Waals surface area contributed by atoms with Gasteiger partial charge in [-0.15, -0.1) is 0 Å². The van der Waals surface area contributed by atoms with E-state index in [0.29, 0.717) is 6.04 Å². The number of hydrogen-bond acceptors (Lipinski definition) is 3. The molecule has 0 heterocycles. The predicted octanol–water partition coefficient (Wildman–Crippen LogP) is 2.58. The van der Waals surface area contributed by atoms with Crippen molar-refractivity contribution in [3.8, 4) is 0 Å². The van der Waals surface area contributed by atoms with Crippen LogP contribution in [0.4, 0.5) is 0 Å². The van der Waals surface area contributed by atoms with Crippen molar-refractivity contribution >= 4 is 11.8 Å². The van der Waals surface area contributed by atoms with Gasteiger partial charge in [-0.05, 0) is 45.2 Å². The molecule has 0 fully saturated rings. The fraction of sp³-hybridized carbons (Fsp3) is 1.00. The van der Waals surface area contributed by atoms with Gasteiger partial charge in [0.15, 0.2) is 0 Å². The number of nitrogens with two attached hydrogens (primary N) is 1. The molecule has 0 bridgehead atoms. The number of nitrogens with zero attached hydrogens (tertiary/aromatic N) is 1. The minimum absolute atomic E-state index is 0.206. The Morgan fingerprint density at radius 1 is 1.33 bits per heavy atom. The lowest BCUT2D eigenvalue weighted by Crippen LogP contribution is -2.54. The maximum absolute atomic E-state index is 5.95. The molecule has 0 aliphatic heterocycles. The van der Waals surface area contributed by atoms with Crippen LogP contribution in [0.25, 0.3) is 0 Å². The smallest absolute Gasteiger partial charge is 0.0326 e. The zero-order valence-corrected chi connectivity index (χ0v) is 11.9. The molecule has 0 aromatic rings. The minimum atomic E-state index is 0.206. The largest absolute Gasteiger partial charge is 0.329 e. The van der Waals surface area contributed by atoms with Crippen LogP contribution < -0.4 is 5.73 Å². The summed E-state index contributed by atoms with van der Waals surface area (Å²) in [7, 11) is 2.23. The first kappa shape index (κ1) is 15.3. The van der Waals surface area contributed by atoms with Crippen LogP contribution in [0.1, 0.15) is 40.0 Å². The topological polar surface area (TPSA) is 29.3 Å². The molecule has 0 aromatic heterocycles. The van der Waals surface area contributed by atoms with E-state index in [-0.39, 0.29) is 5.54 Å². The quantitative estimate of drug-likeness (QED) is 0.697. The van der Waals surface area contributed by atoms with Gasteiger partial charge in [-0.25, -0.2) is 0 Å². The lowest BCUT2D eigenvalue weighted by atomic mass is 9.89. The van der Waals surface area contributed by atoms with Gasteiger partial charge in [0.25, 0.3) is 0 Å². The molecule has 2 nitrogen and oxygen atoms in total. The Bertz CT molecular complexity index is 149. The fourth-order valence-electron chi connectivity index (χ4n) is 2.13. The summed E-state index contributed by atoms with van der Waals surface area (Å²) in [5.74, 6) is 1.24. The molecule has 0 saturated carbocycles. The molecule has 2 N–H and O–H groups in total. The molecule has 0 saturated heterocycles. The van der Waals surface area contributed by atoms with E-state index in [4.69, 9.17) is 5.73 Å². The summed E-state index contributed by atoms with van der Waals surface area (Å²) in [6, 6.07) is 0.626. The normalized spacial score (nSPS) is 14.6. The second-order valence-corrected chi connectivity index (χ2v) is 5.36. The molecule has 0 aliphatic carbocycles. The molecule has 1 unspecified atom stereocenters. The lowest BCUT2D eigenvalue weighted by molar-refractivity contribution is 0.0749. The highest BCUT2D eigenvalue weighted by molar-refractivity contribution is 7.98. The molecule has 0 aromatic carbocycles. The number of likely N-dealkylation sites (N-methyl/N-ethyl adjacent to an activating group) is 1. The average molecular weight is 232 g/mol. The summed E-state index contributed by atoms with van der Waals surface area (Å²) < 4.78 is 0. The fourth-order valence-corrected chi connectivity index (χ4v) is 2.71. The molecular formula is C12H28N2S. The first-order valence-electron chi connectivity index (χ1n) is 5.99. The first-order chi connectivity index (χ1) is 7.07. The van der Waals surface area contributed by atoms with Gasteiger partial charge < -0.3 is 5.73 Å². The maximum atomic E-state index is 5.95. The van der Waals surface area contributed by atoms with Crippen LogP contribution in [0, 0.1) is 0 Å². The number of hydrogen-bond donors (Lipinski definition) is 1. The number of rotatable bonds is 8. The molecule has 0 amide bonds. The van der Waals surface area contributed by atoms with Gasteiger partial charge in [-0.3, -0.25) is 4.90 Å². The second kappa shape index (κ2) is 7.53. The van der Waals surface area contributed by atoms with Crippen LogP contribution in [-0.2, 0) is 0 Å². The molecule has 92 valence electrons. The molecule has 0 radical (unpaired) electrons. The summed E-state index contributed by atoms with van der Waals surface area (Å²) in [5, 5.41) is 0. The third-order valence-electron chi connectivity index (χ3n) is 3.85. The van der Waals surface area contributed by atoms with Crippen molar-refractivity contribution in [1.82, 2.24) is 4.90 Å². The van der Waals surface area contributed by atoms with Crippen molar-refractivity contribution in [3.05, 3.63) is 0 Å². The Morgan fingerprint density at radius 3 is 2.20 bits per heavy atom. The highest BCUT2D eigenvalue weighted by Crippen LogP contribution is 2.24. The van der Waals surface area contributed by atoms with E-state index in [1.54, 1.807) is 0 Å². The Kier molecular flexibility index (Phi) is 7.66. The van der Waals surface area contributed by atoms with Crippen LogP contribution in [0.3, 0.4) is 0 Å². The van der Waals surface area contributed by atoms with E-state index in [1.807, 2.05) is 11.8 Å². The van der Waals surface area contributed by atoms with Gasteiger partial charge >= 0.3 is 0 Å². The Morgan fingerprint density at radius 2 is 1.87 bits per heavy atom. The van der Waals surface area contributed by atoms with Gasteiger partial charge in [0.05, 0.1) is 0 Å². The summed E-state index contributed by atoms with van der Waals surface area (Å²) >= 11 is 1.92. The van der Waals surface area contributed by atoms with Crippen molar-refractivity contribution in [2.45, 2.75) is 51.6 Å². The zero-order chi connectivity index (χ0) is 11.9. The SMILES string of the molecule is CCC(CC)(CN)N(C)C(C)CCSC. The van der Waals surface area contributed by atoms with Crippen molar-refractivity contribution in [2.75, 3.05) is 25.6 Å². The van der Waals surface area contributed by atoms with Crippen molar-refractivity contribution < 1.29 is 0 Å². The summed E-state index contributed by atoms with van der Waals surface area (Å²) in [5.41, 5.74) is 6.16. The Hall–Kier alpha value is 0.270. The van der Waals surface area contributed by atoms with Crippen molar-refractivity contribution in [1.29, 1.82) is 0 Å². The van der Waals surface area contributed by atoms with Gasteiger partial charge in [0.1, 0.15) is 0 Å². The highest BCUT2D eigenvalue weighted by atomic mass is 32.2. The predicted molar refractivity (Wildman–Crippen MR) is 72.6 cm³/mol. The molecule has 15 heavy (non-hydrogen) atoms. The van der Waals surface area contributed by atoms with E-state index >= 15 is 0 Å². The third-order valence-corrected chi connectivity index (χ3v) is 4.49. The second-order valence-electron chi connectivity index (χ2n) is 4.38. The van der Waals surface area contributed by atoms with Gasteiger partial charge in [0.2, 0.25) is 0 Å². The van der Waals surface area contributed by atoms with Crippen LogP contribution >= 0.6 is 11.8 Å². The van der Waals surface area contributed by atoms with Crippen LogP contribution in [0.15, 0.2) is 0 Å². The third kappa shape index (κ3) is 3.97. The van der Waals surface area contributed by atoms with Gasteiger partial charge in [0, 0.05) is 18.1 Å². The molecule has 3 heteroatoms. The van der Waals surface area contributed by atoms with E-state index < -0.39 is 0 Å². The summed E-state index contributed by atoms with van der Waals surface area (Å²) in [4.78, 5) is 2.49. The van der Waals surface area contributed by atoms with Crippen LogP contribution in [-0.4, -0.2) is 42.1 Å². The van der Waals surface area contributed by atoms with Crippen molar-refractivity contribution in [3.63, 3.8) is 0 Å².